The quantitative estimate of drug-likeness (QED) is 0.691. The maximum Gasteiger partial charge on any atom is 0.491 e. The Balaban J connectivity index is 2.81. The zero-order chi connectivity index (χ0) is 13.4. The van der Waals surface area contributed by atoms with Crippen molar-refractivity contribution in [2.45, 2.75) is 19.8 Å². The predicted octanol–water partition coefficient (Wildman–Crippen LogP) is 0.883. The lowest BCUT2D eigenvalue weighted by atomic mass is 9.78. The summed E-state index contributed by atoms with van der Waals surface area (Å²) in [6.45, 7) is 3.85. The average molecular weight is 249 g/mol. The van der Waals surface area contributed by atoms with Gasteiger partial charge in [-0.25, -0.2) is 9.37 Å². The molecule has 0 amide bonds. The van der Waals surface area contributed by atoms with E-state index in [-0.39, 0.29) is 17.3 Å². The number of pyridine rings is 1. The van der Waals surface area contributed by atoms with Gasteiger partial charge in [0.25, 0.3) is 0 Å². The maximum absolute atomic E-state index is 13.6. The van der Waals surface area contributed by atoms with Crippen LogP contribution >= 0.6 is 0 Å². The Bertz CT molecular complexity index is 601. The highest BCUT2D eigenvalue weighted by molar-refractivity contribution is 6.59. The van der Waals surface area contributed by atoms with Crippen LogP contribution in [0, 0.1) is 5.82 Å². The minimum Gasteiger partial charge on any atom is -0.493 e. The Labute approximate surface area is 104 Å². The van der Waals surface area contributed by atoms with Crippen LogP contribution < -0.4 is 5.46 Å². The first-order chi connectivity index (χ1) is 8.40. The zero-order valence-electron chi connectivity index (χ0n) is 10.1. The van der Waals surface area contributed by atoms with Crippen LogP contribution in [0.15, 0.2) is 18.2 Å². The van der Waals surface area contributed by atoms with Gasteiger partial charge in [-0.2, -0.15) is 0 Å². The van der Waals surface area contributed by atoms with Gasteiger partial charge in [0.15, 0.2) is 0 Å². The third-order valence-corrected chi connectivity index (χ3v) is 2.85. The Morgan fingerprint density at radius 2 is 1.89 bits per heavy atom. The summed E-state index contributed by atoms with van der Waals surface area (Å²) in [5, 5.41) is 28.3. The Kier molecular flexibility index (Phi) is 3.23. The number of hydrogen-bond donors (Lipinski definition) is 3. The van der Waals surface area contributed by atoms with Crippen LogP contribution in [0.2, 0.25) is 0 Å². The Morgan fingerprint density at radius 1 is 1.22 bits per heavy atom. The largest absolute Gasteiger partial charge is 0.493 e. The van der Waals surface area contributed by atoms with E-state index in [0.29, 0.717) is 10.9 Å². The van der Waals surface area contributed by atoms with Gasteiger partial charge in [-0.3, -0.25) is 0 Å². The Hall–Kier alpha value is -1.66. The average Bonchev–Trinajstić information content (AvgIpc) is 2.26. The van der Waals surface area contributed by atoms with Crippen LogP contribution in [0.5, 0.6) is 5.88 Å². The summed E-state index contributed by atoms with van der Waals surface area (Å²) in [5.74, 6) is -0.844. The molecular weight excluding hydrogens is 236 g/mol. The minimum atomic E-state index is -1.87. The van der Waals surface area contributed by atoms with E-state index in [1.54, 1.807) is 0 Å². The first-order valence-corrected chi connectivity index (χ1v) is 5.59. The molecule has 0 spiro atoms. The summed E-state index contributed by atoms with van der Waals surface area (Å²) in [4.78, 5) is 3.83. The second kappa shape index (κ2) is 4.55. The van der Waals surface area contributed by atoms with Crippen molar-refractivity contribution in [2.24, 2.45) is 0 Å². The van der Waals surface area contributed by atoms with E-state index in [1.807, 2.05) is 13.8 Å². The molecule has 0 fully saturated rings. The number of benzene rings is 1. The molecule has 0 saturated carbocycles. The minimum absolute atomic E-state index is 0.0931. The van der Waals surface area contributed by atoms with Crippen molar-refractivity contribution in [1.82, 2.24) is 4.98 Å². The van der Waals surface area contributed by atoms with E-state index in [4.69, 9.17) is 10.0 Å². The van der Waals surface area contributed by atoms with Gasteiger partial charge in [0.2, 0.25) is 5.88 Å². The molecule has 0 aliphatic rings. The molecule has 0 unspecified atom stereocenters. The fraction of sp³-hybridized carbons (Fsp3) is 0.250. The molecule has 94 valence electrons. The summed E-state index contributed by atoms with van der Waals surface area (Å²) in [7, 11) is -1.87. The first kappa shape index (κ1) is 12.8. The van der Waals surface area contributed by atoms with Crippen LogP contribution in [-0.2, 0) is 0 Å². The van der Waals surface area contributed by atoms with Gasteiger partial charge in [0, 0.05) is 16.9 Å². The fourth-order valence-electron chi connectivity index (χ4n) is 1.95. The monoisotopic (exact) mass is 249 g/mol. The molecule has 2 rings (SSSR count). The highest BCUT2D eigenvalue weighted by atomic mass is 19.1. The van der Waals surface area contributed by atoms with E-state index in [0.717, 1.165) is 11.6 Å². The molecule has 1 heterocycles. The molecule has 6 heteroatoms. The highest BCUT2D eigenvalue weighted by Gasteiger charge is 2.19. The van der Waals surface area contributed by atoms with E-state index >= 15 is 0 Å². The van der Waals surface area contributed by atoms with Crippen molar-refractivity contribution < 1.29 is 19.5 Å². The van der Waals surface area contributed by atoms with Crippen LogP contribution in [0.4, 0.5) is 4.39 Å². The van der Waals surface area contributed by atoms with Crippen molar-refractivity contribution >= 4 is 23.5 Å². The molecular formula is C12H13BFNO3. The second-order valence-electron chi connectivity index (χ2n) is 4.49. The summed E-state index contributed by atoms with van der Waals surface area (Å²) in [6.07, 6.45) is 0. The van der Waals surface area contributed by atoms with Crippen LogP contribution in [0.3, 0.4) is 0 Å². The molecule has 0 radical (unpaired) electrons. The van der Waals surface area contributed by atoms with Crippen molar-refractivity contribution in [3.63, 3.8) is 0 Å². The number of nitrogens with zero attached hydrogens (tertiary/aromatic N) is 1. The molecule has 1 aromatic carbocycles. The molecule has 18 heavy (non-hydrogen) atoms. The number of aromatic nitrogens is 1. The number of fused-ring (bicyclic) bond motifs is 1. The number of aromatic hydroxyl groups is 1. The molecule has 0 saturated heterocycles. The van der Waals surface area contributed by atoms with E-state index in [9.17, 15) is 9.50 Å². The lowest BCUT2D eigenvalue weighted by Gasteiger charge is -2.12. The Morgan fingerprint density at radius 3 is 2.44 bits per heavy atom. The zero-order valence-corrected chi connectivity index (χ0v) is 10.1. The highest BCUT2D eigenvalue weighted by Crippen LogP contribution is 2.27. The molecule has 0 bridgehead atoms. The summed E-state index contributed by atoms with van der Waals surface area (Å²) >= 11 is 0. The summed E-state index contributed by atoms with van der Waals surface area (Å²) < 4.78 is 13.6. The molecule has 4 nitrogen and oxygen atoms in total. The van der Waals surface area contributed by atoms with Gasteiger partial charge in [-0.05, 0) is 23.6 Å². The topological polar surface area (TPSA) is 73.6 Å². The number of hydrogen-bond acceptors (Lipinski definition) is 4. The lowest BCUT2D eigenvalue weighted by molar-refractivity contribution is 0.423. The van der Waals surface area contributed by atoms with Gasteiger partial charge in [-0.15, -0.1) is 0 Å². The third-order valence-electron chi connectivity index (χ3n) is 2.85. The van der Waals surface area contributed by atoms with Crippen molar-refractivity contribution in [1.29, 1.82) is 0 Å². The van der Waals surface area contributed by atoms with Gasteiger partial charge in [0.1, 0.15) is 5.82 Å². The molecule has 2 aromatic rings. The first-order valence-electron chi connectivity index (χ1n) is 5.59. The van der Waals surface area contributed by atoms with Crippen molar-refractivity contribution in [3.8, 4) is 5.88 Å². The molecule has 1 aromatic heterocycles. The van der Waals surface area contributed by atoms with Gasteiger partial charge < -0.3 is 15.2 Å². The predicted molar refractivity (Wildman–Crippen MR) is 67.3 cm³/mol. The van der Waals surface area contributed by atoms with Crippen LogP contribution in [-0.4, -0.2) is 27.3 Å². The number of rotatable bonds is 2. The maximum atomic E-state index is 13.6. The normalized spacial score (nSPS) is 11.2. The molecule has 0 atom stereocenters. The van der Waals surface area contributed by atoms with Gasteiger partial charge >= 0.3 is 7.12 Å². The van der Waals surface area contributed by atoms with Crippen LogP contribution in [0.25, 0.3) is 10.9 Å². The van der Waals surface area contributed by atoms with E-state index < -0.39 is 12.9 Å². The summed E-state index contributed by atoms with van der Waals surface area (Å²) in [6, 6.07) is 3.95. The lowest BCUT2D eigenvalue weighted by Crippen LogP contribution is -2.32. The summed E-state index contributed by atoms with van der Waals surface area (Å²) in [5.41, 5.74) is 0.872. The van der Waals surface area contributed by atoms with Crippen molar-refractivity contribution in [3.05, 3.63) is 29.6 Å². The fourth-order valence-corrected chi connectivity index (χ4v) is 1.95. The standard InChI is InChI=1S/C12H13BFNO3/c1-6(2)7-4-12(16)15-11-5-10(14)9(13(17)18)3-8(7)11/h3-6,17-18H,1-2H3,(H,15,16). The second-order valence-corrected chi connectivity index (χ2v) is 4.49. The molecule has 0 aliphatic heterocycles. The van der Waals surface area contributed by atoms with Crippen LogP contribution in [0.1, 0.15) is 25.3 Å². The van der Waals surface area contributed by atoms with E-state index in [2.05, 4.69) is 4.98 Å². The van der Waals surface area contributed by atoms with E-state index in [1.165, 1.54) is 12.1 Å². The molecule has 3 N–H and O–H groups in total. The van der Waals surface area contributed by atoms with Gasteiger partial charge in [0.05, 0.1) is 5.52 Å². The third kappa shape index (κ3) is 2.17. The molecule has 0 aliphatic carbocycles. The smallest absolute Gasteiger partial charge is 0.491 e. The number of halogens is 1. The SMILES string of the molecule is CC(C)c1cc(O)nc2cc(F)c(B(O)O)cc12. The van der Waals surface area contributed by atoms with Crippen molar-refractivity contribution in [2.75, 3.05) is 0 Å². The van der Waals surface area contributed by atoms with Gasteiger partial charge in [-0.1, -0.05) is 13.8 Å².